The molecule has 2 unspecified atom stereocenters. The van der Waals surface area contributed by atoms with Crippen molar-refractivity contribution < 1.29 is 4.79 Å². The molecule has 0 saturated carbocycles. The minimum Gasteiger partial charge on any atom is -0.352 e. The van der Waals surface area contributed by atoms with Gasteiger partial charge in [0.2, 0.25) is 5.91 Å². The summed E-state index contributed by atoms with van der Waals surface area (Å²) in [6, 6.07) is 8.30. The quantitative estimate of drug-likeness (QED) is 0.771. The van der Waals surface area contributed by atoms with E-state index in [0.717, 1.165) is 25.2 Å². The molecule has 0 aliphatic heterocycles. The van der Waals surface area contributed by atoms with E-state index in [4.69, 9.17) is 5.73 Å². The van der Waals surface area contributed by atoms with Gasteiger partial charge in [0.25, 0.3) is 0 Å². The van der Waals surface area contributed by atoms with Gasteiger partial charge in [-0.15, -0.1) is 0 Å². The monoisotopic (exact) mass is 291 g/mol. The number of rotatable bonds is 8. The molecular weight excluding hydrogens is 262 g/mol. The maximum atomic E-state index is 11.9. The molecule has 21 heavy (non-hydrogen) atoms. The molecule has 1 aromatic carbocycles. The van der Waals surface area contributed by atoms with Gasteiger partial charge in [0.15, 0.2) is 0 Å². The average molecular weight is 291 g/mol. The van der Waals surface area contributed by atoms with E-state index in [0.29, 0.717) is 6.54 Å². The Morgan fingerprint density at radius 1 is 1.14 bits per heavy atom. The maximum Gasteiger partial charge on any atom is 0.224 e. The lowest BCUT2D eigenvalue weighted by Gasteiger charge is -2.18. The molecule has 1 amide bonds. The van der Waals surface area contributed by atoms with Gasteiger partial charge in [-0.3, -0.25) is 9.69 Å². The Morgan fingerprint density at radius 3 is 2.14 bits per heavy atom. The van der Waals surface area contributed by atoms with E-state index in [1.54, 1.807) is 0 Å². The summed E-state index contributed by atoms with van der Waals surface area (Å²) in [6.07, 6.45) is 0. The zero-order valence-corrected chi connectivity index (χ0v) is 13.7. The van der Waals surface area contributed by atoms with Gasteiger partial charge in [0, 0.05) is 25.0 Å². The number of hydrogen-bond acceptors (Lipinski definition) is 3. The Morgan fingerprint density at radius 2 is 1.67 bits per heavy atom. The molecule has 1 rings (SSSR count). The normalized spacial score (nSPS) is 14.0. The molecule has 0 aliphatic rings. The highest BCUT2D eigenvalue weighted by molar-refractivity contribution is 5.78. The molecule has 0 heterocycles. The van der Waals surface area contributed by atoms with Crippen molar-refractivity contribution in [2.75, 3.05) is 13.1 Å². The summed E-state index contributed by atoms with van der Waals surface area (Å²) in [7, 11) is 0. The highest BCUT2D eigenvalue weighted by atomic mass is 16.1. The Balaban J connectivity index is 2.49. The van der Waals surface area contributed by atoms with E-state index >= 15 is 0 Å². The predicted octanol–water partition coefficient (Wildman–Crippen LogP) is 2.13. The third kappa shape index (κ3) is 5.86. The van der Waals surface area contributed by atoms with Crippen LogP contribution in [0.15, 0.2) is 24.3 Å². The third-order valence-electron chi connectivity index (χ3n) is 3.99. The summed E-state index contributed by atoms with van der Waals surface area (Å²) in [5, 5.41) is 2.93. The lowest BCUT2D eigenvalue weighted by Crippen LogP contribution is -2.38. The Hall–Kier alpha value is -1.39. The maximum absolute atomic E-state index is 11.9. The lowest BCUT2D eigenvalue weighted by molar-refractivity contribution is -0.125. The number of carbonyl (C=O) groups is 1. The van der Waals surface area contributed by atoms with Crippen LogP contribution in [-0.2, 0) is 17.9 Å². The van der Waals surface area contributed by atoms with Crippen LogP contribution in [-0.4, -0.2) is 29.9 Å². The van der Waals surface area contributed by atoms with Crippen LogP contribution < -0.4 is 11.1 Å². The van der Waals surface area contributed by atoms with E-state index in [2.05, 4.69) is 48.3 Å². The standard InChI is InChI=1S/C17H29N3O/c1-5-20(6-2)12-16-9-7-15(8-10-16)11-19-17(21)13(3)14(4)18/h7-10,13-14H,5-6,11-12,18H2,1-4H3,(H,19,21). The summed E-state index contributed by atoms with van der Waals surface area (Å²) >= 11 is 0. The first-order chi connectivity index (χ1) is 9.97. The molecule has 1 aromatic rings. The second kappa shape index (κ2) is 8.80. The lowest BCUT2D eigenvalue weighted by atomic mass is 10.0. The summed E-state index contributed by atoms with van der Waals surface area (Å²) in [5.41, 5.74) is 8.15. The molecule has 0 bridgehead atoms. The second-order valence-corrected chi connectivity index (χ2v) is 5.64. The number of hydrogen-bond donors (Lipinski definition) is 2. The fourth-order valence-corrected chi connectivity index (χ4v) is 2.06. The summed E-state index contributed by atoms with van der Waals surface area (Å²) in [6.45, 7) is 11.7. The fraction of sp³-hybridized carbons (Fsp3) is 0.588. The van der Waals surface area contributed by atoms with Crippen molar-refractivity contribution in [2.45, 2.75) is 46.8 Å². The summed E-state index contributed by atoms with van der Waals surface area (Å²) in [5.74, 6) is -0.149. The zero-order valence-electron chi connectivity index (χ0n) is 13.7. The van der Waals surface area contributed by atoms with Crippen molar-refractivity contribution in [1.82, 2.24) is 10.2 Å². The van der Waals surface area contributed by atoms with E-state index in [1.807, 2.05) is 13.8 Å². The van der Waals surface area contributed by atoms with Crippen molar-refractivity contribution in [3.63, 3.8) is 0 Å². The number of nitrogens with zero attached hydrogens (tertiary/aromatic N) is 1. The van der Waals surface area contributed by atoms with Gasteiger partial charge in [-0.25, -0.2) is 0 Å². The van der Waals surface area contributed by atoms with E-state index < -0.39 is 0 Å². The number of nitrogens with one attached hydrogen (secondary N) is 1. The van der Waals surface area contributed by atoms with Crippen LogP contribution in [0.1, 0.15) is 38.8 Å². The van der Waals surface area contributed by atoms with E-state index in [9.17, 15) is 4.79 Å². The highest BCUT2D eigenvalue weighted by Gasteiger charge is 2.16. The smallest absolute Gasteiger partial charge is 0.224 e. The minimum absolute atomic E-state index is 0.0113. The molecule has 2 atom stereocenters. The molecule has 0 aromatic heterocycles. The topological polar surface area (TPSA) is 58.4 Å². The molecule has 4 heteroatoms. The highest BCUT2D eigenvalue weighted by Crippen LogP contribution is 2.08. The number of carbonyl (C=O) groups excluding carboxylic acids is 1. The molecule has 118 valence electrons. The Labute approximate surface area is 128 Å². The van der Waals surface area contributed by atoms with Crippen LogP contribution in [0.4, 0.5) is 0 Å². The molecule has 0 radical (unpaired) electrons. The SMILES string of the molecule is CCN(CC)Cc1ccc(CNC(=O)C(C)C(C)N)cc1. The molecule has 4 nitrogen and oxygen atoms in total. The Kier molecular flexibility index (Phi) is 7.40. The molecule has 0 spiro atoms. The van der Waals surface area contributed by atoms with Crippen molar-refractivity contribution in [1.29, 1.82) is 0 Å². The molecule has 0 saturated heterocycles. The first kappa shape index (κ1) is 17.7. The van der Waals surface area contributed by atoms with Gasteiger partial charge in [0.05, 0.1) is 0 Å². The zero-order chi connectivity index (χ0) is 15.8. The van der Waals surface area contributed by atoms with Gasteiger partial charge in [-0.1, -0.05) is 45.0 Å². The van der Waals surface area contributed by atoms with Crippen LogP contribution in [0, 0.1) is 5.92 Å². The largest absolute Gasteiger partial charge is 0.352 e. The van der Waals surface area contributed by atoms with Gasteiger partial charge < -0.3 is 11.1 Å². The molecule has 0 aliphatic carbocycles. The molecule has 3 N–H and O–H groups in total. The first-order valence-corrected chi connectivity index (χ1v) is 7.81. The average Bonchev–Trinajstić information content (AvgIpc) is 2.50. The number of amides is 1. The molecule has 0 fully saturated rings. The van der Waals surface area contributed by atoms with E-state index in [1.165, 1.54) is 5.56 Å². The van der Waals surface area contributed by atoms with Crippen LogP contribution in [0.5, 0.6) is 0 Å². The van der Waals surface area contributed by atoms with Crippen LogP contribution in [0.25, 0.3) is 0 Å². The van der Waals surface area contributed by atoms with Crippen molar-refractivity contribution >= 4 is 5.91 Å². The van der Waals surface area contributed by atoms with Gasteiger partial charge in [-0.05, 0) is 31.1 Å². The third-order valence-corrected chi connectivity index (χ3v) is 3.99. The first-order valence-electron chi connectivity index (χ1n) is 7.81. The molecular formula is C17H29N3O. The summed E-state index contributed by atoms with van der Waals surface area (Å²) in [4.78, 5) is 14.2. The van der Waals surface area contributed by atoms with Gasteiger partial charge in [0.1, 0.15) is 0 Å². The van der Waals surface area contributed by atoms with Crippen molar-refractivity contribution in [3.8, 4) is 0 Å². The summed E-state index contributed by atoms with van der Waals surface area (Å²) < 4.78 is 0. The predicted molar refractivity (Wildman–Crippen MR) is 87.7 cm³/mol. The second-order valence-electron chi connectivity index (χ2n) is 5.64. The van der Waals surface area contributed by atoms with Crippen molar-refractivity contribution in [2.24, 2.45) is 11.7 Å². The minimum atomic E-state index is -0.160. The van der Waals surface area contributed by atoms with Crippen LogP contribution >= 0.6 is 0 Å². The van der Waals surface area contributed by atoms with Crippen LogP contribution in [0.3, 0.4) is 0 Å². The Bertz CT molecular complexity index is 424. The number of benzene rings is 1. The van der Waals surface area contributed by atoms with E-state index in [-0.39, 0.29) is 17.9 Å². The van der Waals surface area contributed by atoms with Crippen molar-refractivity contribution in [3.05, 3.63) is 35.4 Å². The van der Waals surface area contributed by atoms with Crippen LogP contribution in [0.2, 0.25) is 0 Å². The van der Waals surface area contributed by atoms with Gasteiger partial charge in [-0.2, -0.15) is 0 Å². The van der Waals surface area contributed by atoms with Gasteiger partial charge >= 0.3 is 0 Å². The fourth-order valence-electron chi connectivity index (χ4n) is 2.06. The number of nitrogens with two attached hydrogens (primary N) is 1.